The van der Waals surface area contributed by atoms with E-state index in [4.69, 9.17) is 4.74 Å². The van der Waals surface area contributed by atoms with Gasteiger partial charge in [0.05, 0.1) is 29.5 Å². The number of amides is 2. The number of ether oxygens (including phenoxy) is 1. The number of hydrogen-bond donors (Lipinski definition) is 2. The van der Waals surface area contributed by atoms with E-state index in [1.54, 1.807) is 30.5 Å². The highest BCUT2D eigenvalue weighted by Crippen LogP contribution is 2.27. The number of anilines is 2. The van der Waals surface area contributed by atoms with Gasteiger partial charge in [-0.25, -0.2) is 4.39 Å². The van der Waals surface area contributed by atoms with E-state index in [9.17, 15) is 14.0 Å². The zero-order valence-electron chi connectivity index (χ0n) is 14.3. The average Bonchev–Trinajstić information content (AvgIpc) is 3.17. The van der Waals surface area contributed by atoms with Crippen molar-refractivity contribution in [3.8, 4) is 0 Å². The third-order valence-electron chi connectivity index (χ3n) is 4.05. The lowest BCUT2D eigenvalue weighted by Gasteiger charge is -2.30. The van der Waals surface area contributed by atoms with Gasteiger partial charge in [-0.05, 0) is 36.6 Å². The number of nitrogens with zero attached hydrogens (tertiary/aromatic N) is 1. The molecular formula is C18H20FN3O3S. The first-order valence-electron chi connectivity index (χ1n) is 8.32. The number of hydrogen-bond acceptors (Lipinski definition) is 5. The van der Waals surface area contributed by atoms with E-state index >= 15 is 0 Å². The topological polar surface area (TPSA) is 70.7 Å². The molecule has 1 unspecified atom stereocenters. The second-order valence-corrected chi connectivity index (χ2v) is 6.87. The van der Waals surface area contributed by atoms with Crippen molar-refractivity contribution in [2.45, 2.75) is 13.0 Å². The van der Waals surface area contributed by atoms with Crippen molar-refractivity contribution in [1.82, 2.24) is 5.32 Å². The number of nitrogens with one attached hydrogen (secondary N) is 2. The smallest absolute Gasteiger partial charge is 0.261 e. The van der Waals surface area contributed by atoms with Crippen molar-refractivity contribution >= 4 is 34.5 Å². The highest BCUT2D eigenvalue weighted by molar-refractivity contribution is 7.12. The third-order valence-corrected chi connectivity index (χ3v) is 4.92. The minimum absolute atomic E-state index is 0.310. The first kappa shape index (κ1) is 18.3. The molecule has 1 saturated heterocycles. The molecule has 8 heteroatoms. The van der Waals surface area contributed by atoms with Crippen molar-refractivity contribution in [2.24, 2.45) is 0 Å². The van der Waals surface area contributed by atoms with E-state index < -0.39 is 17.8 Å². The van der Waals surface area contributed by atoms with Crippen LogP contribution in [-0.2, 0) is 9.53 Å². The van der Waals surface area contributed by atoms with E-state index in [2.05, 4.69) is 10.6 Å². The Balaban J connectivity index is 1.69. The fourth-order valence-electron chi connectivity index (χ4n) is 2.67. The molecule has 1 atom stereocenters. The van der Waals surface area contributed by atoms with Crippen LogP contribution in [0.1, 0.15) is 16.6 Å². The standard InChI is InChI=1S/C18H20FN3O3S/c1-12(20-18(24)16-3-2-10-26-16)17(23)21-14-11-13(19)4-5-15(14)22-6-8-25-9-7-22/h2-5,10-12H,6-9H2,1H3,(H,20,24)(H,21,23). The summed E-state index contributed by atoms with van der Waals surface area (Å²) in [5.74, 6) is -1.15. The van der Waals surface area contributed by atoms with Crippen molar-refractivity contribution in [1.29, 1.82) is 0 Å². The van der Waals surface area contributed by atoms with Crippen LogP contribution in [0.4, 0.5) is 15.8 Å². The SMILES string of the molecule is CC(NC(=O)c1cccs1)C(=O)Nc1cc(F)ccc1N1CCOCC1. The molecule has 2 amide bonds. The first-order valence-corrected chi connectivity index (χ1v) is 9.20. The molecule has 0 bridgehead atoms. The molecule has 1 fully saturated rings. The minimum atomic E-state index is -0.759. The van der Waals surface area contributed by atoms with E-state index in [0.717, 1.165) is 5.69 Å². The Hall–Kier alpha value is -2.45. The summed E-state index contributed by atoms with van der Waals surface area (Å²) >= 11 is 1.30. The molecule has 2 heterocycles. The molecule has 1 aliphatic rings. The summed E-state index contributed by atoms with van der Waals surface area (Å²) in [6.07, 6.45) is 0. The lowest BCUT2D eigenvalue weighted by atomic mass is 10.2. The molecule has 0 spiro atoms. The van der Waals surface area contributed by atoms with Gasteiger partial charge in [0.25, 0.3) is 5.91 Å². The summed E-state index contributed by atoms with van der Waals surface area (Å²) in [5, 5.41) is 7.17. The molecular weight excluding hydrogens is 357 g/mol. The van der Waals surface area contributed by atoms with Gasteiger partial charge in [-0.15, -0.1) is 11.3 Å². The Morgan fingerprint density at radius 1 is 1.27 bits per heavy atom. The van der Waals surface area contributed by atoms with Gasteiger partial charge in [-0.3, -0.25) is 9.59 Å². The molecule has 1 aromatic heterocycles. The van der Waals surface area contributed by atoms with Gasteiger partial charge in [-0.1, -0.05) is 6.07 Å². The van der Waals surface area contributed by atoms with Gasteiger partial charge in [0.2, 0.25) is 5.91 Å². The van der Waals surface area contributed by atoms with Crippen LogP contribution in [0, 0.1) is 5.82 Å². The molecule has 26 heavy (non-hydrogen) atoms. The molecule has 2 N–H and O–H groups in total. The van der Waals surface area contributed by atoms with Crippen molar-refractivity contribution in [2.75, 3.05) is 36.5 Å². The first-order chi connectivity index (χ1) is 12.5. The summed E-state index contributed by atoms with van der Waals surface area (Å²) in [6, 6.07) is 6.99. The molecule has 0 saturated carbocycles. The van der Waals surface area contributed by atoms with Crippen LogP contribution < -0.4 is 15.5 Å². The lowest BCUT2D eigenvalue weighted by molar-refractivity contribution is -0.117. The van der Waals surface area contributed by atoms with Crippen LogP contribution in [0.5, 0.6) is 0 Å². The summed E-state index contributed by atoms with van der Waals surface area (Å²) in [5.41, 5.74) is 1.12. The molecule has 6 nitrogen and oxygen atoms in total. The van der Waals surface area contributed by atoms with E-state index in [1.807, 2.05) is 4.90 Å². The monoisotopic (exact) mass is 377 g/mol. The second-order valence-electron chi connectivity index (χ2n) is 5.92. The summed E-state index contributed by atoms with van der Waals surface area (Å²) < 4.78 is 19.0. The van der Waals surface area contributed by atoms with Gasteiger partial charge in [-0.2, -0.15) is 0 Å². The zero-order chi connectivity index (χ0) is 18.5. The van der Waals surface area contributed by atoms with E-state index in [-0.39, 0.29) is 5.91 Å². The van der Waals surface area contributed by atoms with Gasteiger partial charge >= 0.3 is 0 Å². The second kappa shape index (κ2) is 8.29. The maximum absolute atomic E-state index is 13.7. The number of halogens is 1. The van der Waals surface area contributed by atoms with Crippen molar-refractivity contribution < 1.29 is 18.7 Å². The van der Waals surface area contributed by atoms with Gasteiger partial charge in [0.15, 0.2) is 0 Å². The Kier molecular flexibility index (Phi) is 5.85. The van der Waals surface area contributed by atoms with Crippen molar-refractivity contribution in [3.05, 3.63) is 46.4 Å². The van der Waals surface area contributed by atoms with Crippen LogP contribution >= 0.6 is 11.3 Å². The normalized spacial score (nSPS) is 15.4. The average molecular weight is 377 g/mol. The van der Waals surface area contributed by atoms with Crippen LogP contribution in [0.15, 0.2) is 35.7 Å². The van der Waals surface area contributed by atoms with Crippen LogP contribution in [0.25, 0.3) is 0 Å². The Morgan fingerprint density at radius 2 is 2.04 bits per heavy atom. The number of thiophene rings is 1. The Bertz CT molecular complexity index is 776. The molecule has 0 radical (unpaired) electrons. The molecule has 2 aromatic rings. The number of morpholine rings is 1. The number of carbonyl (C=O) groups is 2. The summed E-state index contributed by atoms with van der Waals surface area (Å²) in [7, 11) is 0. The maximum Gasteiger partial charge on any atom is 0.261 e. The maximum atomic E-state index is 13.7. The molecule has 1 aromatic carbocycles. The zero-order valence-corrected chi connectivity index (χ0v) is 15.1. The number of carbonyl (C=O) groups excluding carboxylic acids is 2. The largest absolute Gasteiger partial charge is 0.378 e. The predicted molar refractivity (Wildman–Crippen MR) is 99.3 cm³/mol. The van der Waals surface area contributed by atoms with Crippen LogP contribution in [0.2, 0.25) is 0 Å². The quantitative estimate of drug-likeness (QED) is 0.840. The fourth-order valence-corrected chi connectivity index (χ4v) is 3.30. The molecule has 138 valence electrons. The highest BCUT2D eigenvalue weighted by Gasteiger charge is 2.21. The molecule has 3 rings (SSSR count). The summed E-state index contributed by atoms with van der Waals surface area (Å²) in [6.45, 7) is 4.09. The third kappa shape index (κ3) is 4.39. The Labute approximate surface area is 155 Å². The molecule has 0 aliphatic carbocycles. The van der Waals surface area contributed by atoms with Gasteiger partial charge < -0.3 is 20.3 Å². The summed E-state index contributed by atoms with van der Waals surface area (Å²) in [4.78, 5) is 27.1. The predicted octanol–water partition coefficient (Wildman–Crippen LogP) is 2.48. The number of benzene rings is 1. The number of rotatable bonds is 5. The fraction of sp³-hybridized carbons (Fsp3) is 0.333. The van der Waals surface area contributed by atoms with Crippen molar-refractivity contribution in [3.63, 3.8) is 0 Å². The minimum Gasteiger partial charge on any atom is -0.378 e. The van der Waals surface area contributed by atoms with Crippen LogP contribution in [0.3, 0.4) is 0 Å². The van der Waals surface area contributed by atoms with Crippen LogP contribution in [-0.4, -0.2) is 44.2 Å². The highest BCUT2D eigenvalue weighted by atomic mass is 32.1. The van der Waals surface area contributed by atoms with Gasteiger partial charge in [0, 0.05) is 13.1 Å². The van der Waals surface area contributed by atoms with E-state index in [1.165, 1.54) is 23.5 Å². The molecule has 1 aliphatic heterocycles. The van der Waals surface area contributed by atoms with E-state index in [0.29, 0.717) is 36.9 Å². The lowest BCUT2D eigenvalue weighted by Crippen LogP contribution is -2.42. The Morgan fingerprint density at radius 3 is 2.73 bits per heavy atom. The van der Waals surface area contributed by atoms with Gasteiger partial charge in [0.1, 0.15) is 11.9 Å².